The van der Waals surface area contributed by atoms with E-state index in [2.05, 4.69) is 52.4 Å². The number of carbonyl (C=O) groups excluding carboxylic acids is 1. The Hall–Kier alpha value is -3.22. The summed E-state index contributed by atoms with van der Waals surface area (Å²) in [5.41, 5.74) is 4.86. The Labute approximate surface area is 218 Å². The van der Waals surface area contributed by atoms with Crippen molar-refractivity contribution in [3.8, 4) is 11.5 Å². The Morgan fingerprint density at radius 2 is 1.78 bits per heavy atom. The predicted octanol–water partition coefficient (Wildman–Crippen LogP) is 5.31. The van der Waals surface area contributed by atoms with Gasteiger partial charge in [-0.05, 0) is 66.9 Å². The highest BCUT2D eigenvalue weighted by atomic mass is 35.5. The molecule has 1 heterocycles. The van der Waals surface area contributed by atoms with Crippen molar-refractivity contribution in [2.45, 2.75) is 33.0 Å². The summed E-state index contributed by atoms with van der Waals surface area (Å²) in [5, 5.41) is 3.63. The normalized spacial score (nSPS) is 16.0. The summed E-state index contributed by atoms with van der Waals surface area (Å²) >= 11 is 6.18. The number of methoxy groups -OCH3 is 2. The van der Waals surface area contributed by atoms with Gasteiger partial charge in [-0.3, -0.25) is 9.69 Å². The van der Waals surface area contributed by atoms with E-state index in [0.29, 0.717) is 23.2 Å². The zero-order valence-corrected chi connectivity index (χ0v) is 22.1. The van der Waals surface area contributed by atoms with Crippen LogP contribution in [0.5, 0.6) is 11.5 Å². The molecule has 1 aliphatic rings. The molecule has 0 aromatic heterocycles. The maximum Gasteiger partial charge on any atom is 0.251 e. The molecule has 1 unspecified atom stereocenters. The predicted molar refractivity (Wildman–Crippen MR) is 145 cm³/mol. The lowest BCUT2D eigenvalue weighted by molar-refractivity contribution is 0.0950. The Morgan fingerprint density at radius 1 is 1.00 bits per heavy atom. The van der Waals surface area contributed by atoms with Crippen LogP contribution in [0, 0.1) is 6.92 Å². The van der Waals surface area contributed by atoms with E-state index in [-0.39, 0.29) is 5.91 Å². The van der Waals surface area contributed by atoms with Crippen molar-refractivity contribution in [3.05, 3.63) is 87.9 Å². The molecule has 0 aliphatic carbocycles. The van der Waals surface area contributed by atoms with Crippen LogP contribution in [0.25, 0.3) is 0 Å². The lowest BCUT2D eigenvalue weighted by atomic mass is 10.1. The molecule has 6 nitrogen and oxygen atoms in total. The summed E-state index contributed by atoms with van der Waals surface area (Å²) in [7, 11) is 3.32. The van der Waals surface area contributed by atoms with Crippen LogP contribution in [0.15, 0.2) is 60.7 Å². The molecule has 7 heteroatoms. The van der Waals surface area contributed by atoms with Gasteiger partial charge in [0.05, 0.1) is 14.2 Å². The number of benzene rings is 3. The first-order chi connectivity index (χ1) is 17.4. The first-order valence-corrected chi connectivity index (χ1v) is 12.6. The van der Waals surface area contributed by atoms with Gasteiger partial charge in [0.15, 0.2) is 11.5 Å². The average Bonchev–Trinajstić information content (AvgIpc) is 2.90. The highest BCUT2D eigenvalue weighted by molar-refractivity contribution is 6.31. The standard InChI is InChI=1S/C29H34ClN3O3/c1-20-18-33(14-13-32(20)19-23-11-12-27(35-3)28(16-23)36-4)24-8-5-7-22(15-24)17-31-29(34)25-9-6-10-26(30)21(25)2/h5-12,15-16,20H,13-14,17-19H2,1-4H3,(H,31,34). The van der Waals surface area contributed by atoms with Gasteiger partial charge in [-0.15, -0.1) is 0 Å². The van der Waals surface area contributed by atoms with Crippen LogP contribution in [0.3, 0.4) is 0 Å². The fourth-order valence-corrected chi connectivity index (χ4v) is 4.85. The maximum atomic E-state index is 12.7. The van der Waals surface area contributed by atoms with Crippen molar-refractivity contribution in [1.82, 2.24) is 10.2 Å². The van der Waals surface area contributed by atoms with Crippen molar-refractivity contribution in [1.29, 1.82) is 0 Å². The molecule has 3 aromatic rings. The van der Waals surface area contributed by atoms with Crippen molar-refractivity contribution in [2.75, 3.05) is 38.8 Å². The number of anilines is 1. The third-order valence-corrected chi connectivity index (χ3v) is 7.25. The molecule has 1 aliphatic heterocycles. The number of halogens is 1. The minimum Gasteiger partial charge on any atom is -0.493 e. The van der Waals surface area contributed by atoms with Gasteiger partial charge in [0.1, 0.15) is 0 Å². The van der Waals surface area contributed by atoms with Gasteiger partial charge in [0.25, 0.3) is 5.91 Å². The van der Waals surface area contributed by atoms with Gasteiger partial charge in [-0.1, -0.05) is 35.9 Å². The molecule has 1 amide bonds. The van der Waals surface area contributed by atoms with E-state index >= 15 is 0 Å². The molecule has 36 heavy (non-hydrogen) atoms. The van der Waals surface area contributed by atoms with E-state index in [1.807, 2.05) is 19.1 Å². The fourth-order valence-electron chi connectivity index (χ4n) is 4.67. The number of rotatable bonds is 8. The molecule has 1 fully saturated rings. The topological polar surface area (TPSA) is 54.0 Å². The van der Waals surface area contributed by atoms with Crippen LogP contribution in [0.1, 0.15) is 34.0 Å². The zero-order valence-electron chi connectivity index (χ0n) is 21.4. The Balaban J connectivity index is 1.36. The van der Waals surface area contributed by atoms with E-state index in [9.17, 15) is 4.79 Å². The molecule has 1 atom stereocenters. The summed E-state index contributed by atoms with van der Waals surface area (Å²) in [6, 6.07) is 20.3. The second kappa shape index (κ2) is 11.7. The van der Waals surface area contributed by atoms with Gasteiger partial charge in [-0.2, -0.15) is 0 Å². The van der Waals surface area contributed by atoms with Crippen LogP contribution in [-0.2, 0) is 13.1 Å². The summed E-state index contributed by atoms with van der Waals surface area (Å²) in [5.74, 6) is 1.39. The number of piperazine rings is 1. The average molecular weight is 508 g/mol. The highest BCUT2D eigenvalue weighted by Gasteiger charge is 2.24. The van der Waals surface area contributed by atoms with Crippen molar-refractivity contribution in [2.24, 2.45) is 0 Å². The Kier molecular flexibility index (Phi) is 8.39. The monoisotopic (exact) mass is 507 g/mol. The molecule has 4 rings (SSSR count). The number of ether oxygens (including phenoxy) is 2. The number of amides is 1. The molecule has 1 N–H and O–H groups in total. The van der Waals surface area contributed by atoms with E-state index in [4.69, 9.17) is 21.1 Å². The third kappa shape index (κ3) is 5.94. The number of carbonyl (C=O) groups is 1. The van der Waals surface area contributed by atoms with Gasteiger partial charge >= 0.3 is 0 Å². The lowest BCUT2D eigenvalue weighted by Crippen LogP contribution is -2.51. The largest absolute Gasteiger partial charge is 0.493 e. The second-order valence-corrected chi connectivity index (χ2v) is 9.63. The summed E-state index contributed by atoms with van der Waals surface area (Å²) in [6.07, 6.45) is 0. The molecule has 190 valence electrons. The van der Waals surface area contributed by atoms with Crippen LogP contribution in [0.2, 0.25) is 5.02 Å². The van der Waals surface area contributed by atoms with E-state index in [1.165, 1.54) is 11.3 Å². The molecular formula is C29H34ClN3O3. The third-order valence-electron chi connectivity index (χ3n) is 6.84. The first-order valence-electron chi connectivity index (χ1n) is 12.2. The van der Waals surface area contributed by atoms with Crippen LogP contribution in [-0.4, -0.2) is 50.7 Å². The van der Waals surface area contributed by atoms with E-state index < -0.39 is 0 Å². The molecule has 3 aromatic carbocycles. The van der Waals surface area contributed by atoms with E-state index in [1.54, 1.807) is 32.4 Å². The van der Waals surface area contributed by atoms with Crippen molar-refractivity contribution < 1.29 is 14.3 Å². The minimum absolute atomic E-state index is 0.113. The quantitative estimate of drug-likeness (QED) is 0.448. The summed E-state index contributed by atoms with van der Waals surface area (Å²) in [6.45, 7) is 8.30. The summed E-state index contributed by atoms with van der Waals surface area (Å²) in [4.78, 5) is 17.6. The fraction of sp³-hybridized carbons (Fsp3) is 0.345. The number of nitrogens with zero attached hydrogens (tertiary/aromatic N) is 2. The second-order valence-electron chi connectivity index (χ2n) is 9.22. The van der Waals surface area contributed by atoms with Gasteiger partial charge in [-0.25, -0.2) is 0 Å². The number of nitrogens with one attached hydrogen (secondary N) is 1. The highest BCUT2D eigenvalue weighted by Crippen LogP contribution is 2.29. The van der Waals surface area contributed by atoms with Crippen molar-refractivity contribution in [3.63, 3.8) is 0 Å². The first kappa shape index (κ1) is 25.9. The number of hydrogen-bond acceptors (Lipinski definition) is 5. The molecule has 1 saturated heterocycles. The van der Waals surface area contributed by atoms with Gasteiger partial charge in [0, 0.05) is 55.0 Å². The van der Waals surface area contributed by atoms with Gasteiger partial charge in [0.2, 0.25) is 0 Å². The van der Waals surface area contributed by atoms with Crippen molar-refractivity contribution >= 4 is 23.2 Å². The smallest absolute Gasteiger partial charge is 0.251 e. The lowest BCUT2D eigenvalue weighted by Gasteiger charge is -2.41. The van der Waals surface area contributed by atoms with Crippen LogP contribution >= 0.6 is 11.6 Å². The molecule has 0 spiro atoms. The number of hydrogen-bond donors (Lipinski definition) is 1. The van der Waals surface area contributed by atoms with Gasteiger partial charge < -0.3 is 19.7 Å². The molecule has 0 saturated carbocycles. The van der Waals surface area contributed by atoms with E-state index in [0.717, 1.165) is 48.8 Å². The molecule has 0 bridgehead atoms. The molecule has 0 radical (unpaired) electrons. The van der Waals surface area contributed by atoms with Crippen LogP contribution < -0.4 is 19.7 Å². The SMILES string of the molecule is COc1ccc(CN2CCN(c3cccc(CNC(=O)c4cccc(Cl)c4C)c3)CC2C)cc1OC. The zero-order chi connectivity index (χ0) is 25.7. The molecular weight excluding hydrogens is 474 g/mol. The minimum atomic E-state index is -0.113. The van der Waals surface area contributed by atoms with Crippen LogP contribution in [0.4, 0.5) is 5.69 Å². The Bertz CT molecular complexity index is 1220. The Morgan fingerprint density at radius 3 is 2.53 bits per heavy atom. The summed E-state index contributed by atoms with van der Waals surface area (Å²) < 4.78 is 10.8. The maximum absolute atomic E-state index is 12.7.